The smallest absolute Gasteiger partial charge is 0.253 e. The lowest BCUT2D eigenvalue weighted by atomic mass is 10.0. The van der Waals surface area contributed by atoms with Gasteiger partial charge in [0.25, 0.3) is 11.8 Å². The number of nitrogens with one attached hydrogen (secondary N) is 1. The number of carbonyl (C=O) groups is 2. The van der Waals surface area contributed by atoms with E-state index < -0.39 is 6.04 Å². The number of nitrogens with zero attached hydrogens (tertiary/aromatic N) is 4. The van der Waals surface area contributed by atoms with Crippen LogP contribution in [0.25, 0.3) is 22.4 Å². The van der Waals surface area contributed by atoms with Gasteiger partial charge in [0.2, 0.25) is 11.8 Å². The van der Waals surface area contributed by atoms with Crippen LogP contribution in [-0.2, 0) is 9.59 Å². The molecule has 2 aromatic heterocycles. The third-order valence-corrected chi connectivity index (χ3v) is 6.09. The van der Waals surface area contributed by atoms with Crippen LogP contribution in [0.4, 0.5) is 0 Å². The summed E-state index contributed by atoms with van der Waals surface area (Å²) in [5.74, 6) is 1.14. The van der Waals surface area contributed by atoms with Gasteiger partial charge < -0.3 is 19.4 Å². The van der Waals surface area contributed by atoms with E-state index in [1.165, 1.54) is 0 Å². The van der Waals surface area contributed by atoms with Gasteiger partial charge in [0.05, 0.1) is 18.2 Å². The van der Waals surface area contributed by atoms with E-state index in [4.69, 9.17) is 9.15 Å². The minimum absolute atomic E-state index is 0.140. The van der Waals surface area contributed by atoms with Crippen LogP contribution in [0.5, 0.6) is 5.88 Å². The second kappa shape index (κ2) is 11.1. The number of benzene rings is 1. The van der Waals surface area contributed by atoms with Gasteiger partial charge in [-0.05, 0) is 25.0 Å². The van der Waals surface area contributed by atoms with Gasteiger partial charge in [-0.1, -0.05) is 38.0 Å². The maximum absolute atomic E-state index is 12.7. The number of carbonyl (C=O) groups excluding carboxylic acids is 2. The Labute approximate surface area is 204 Å². The normalized spacial score (nSPS) is 13.8. The summed E-state index contributed by atoms with van der Waals surface area (Å²) < 4.78 is 11.5. The number of hydrogen-bond donors (Lipinski definition) is 1. The number of hydrogen-bond acceptors (Lipinski definition) is 8. The molecule has 1 aromatic carbocycles. The second-order valence-corrected chi connectivity index (χ2v) is 8.77. The number of ether oxygens (including phenoxy) is 1. The molecule has 35 heavy (non-hydrogen) atoms. The molecule has 1 atom stereocenters. The van der Waals surface area contributed by atoms with Crippen molar-refractivity contribution in [3.63, 3.8) is 0 Å². The lowest BCUT2D eigenvalue weighted by Gasteiger charge is -2.27. The molecule has 0 radical (unpaired) electrons. The standard InChI is InChI=1S/C26H31N5O4/c1-4-19(32)11-6-5-7-13-22(27-23(33)18-15-31(2)16-18)26-30-29-25(35-26)20-14-17-10-8-9-12-21(17)28-24(20)34-3/h8-10,12,14-15,22H,4-7,11,13,16H2,1-3H3,(H,27,33)/t22-/m0/s1. The Morgan fingerprint density at radius 3 is 2.74 bits per heavy atom. The maximum Gasteiger partial charge on any atom is 0.253 e. The third-order valence-electron chi connectivity index (χ3n) is 6.09. The molecule has 3 heterocycles. The lowest BCUT2D eigenvalue weighted by Crippen LogP contribution is -2.38. The van der Waals surface area contributed by atoms with E-state index in [9.17, 15) is 9.59 Å². The van der Waals surface area contributed by atoms with E-state index >= 15 is 0 Å². The van der Waals surface area contributed by atoms with Crippen LogP contribution >= 0.6 is 0 Å². The van der Waals surface area contributed by atoms with E-state index in [0.29, 0.717) is 48.7 Å². The van der Waals surface area contributed by atoms with E-state index in [0.717, 1.165) is 30.2 Å². The zero-order chi connectivity index (χ0) is 24.8. The third kappa shape index (κ3) is 5.85. The van der Waals surface area contributed by atoms with Crippen molar-refractivity contribution >= 4 is 22.6 Å². The summed E-state index contributed by atoms with van der Waals surface area (Å²) in [7, 11) is 3.47. The highest BCUT2D eigenvalue weighted by molar-refractivity contribution is 5.95. The predicted octanol–water partition coefficient (Wildman–Crippen LogP) is 4.21. The highest BCUT2D eigenvalue weighted by Gasteiger charge is 2.26. The van der Waals surface area contributed by atoms with Crippen molar-refractivity contribution in [2.24, 2.45) is 0 Å². The Kier molecular flexibility index (Phi) is 7.74. The average Bonchev–Trinajstić information content (AvgIpc) is 3.34. The molecule has 0 fully saturated rings. The van der Waals surface area contributed by atoms with Gasteiger partial charge in [-0.3, -0.25) is 9.59 Å². The number of aromatic nitrogens is 3. The quantitative estimate of drug-likeness (QED) is 0.386. The molecule has 9 heteroatoms. The topological polar surface area (TPSA) is 110 Å². The molecule has 0 saturated carbocycles. The van der Waals surface area contributed by atoms with E-state index in [1.54, 1.807) is 7.11 Å². The Balaban J connectivity index is 1.53. The summed E-state index contributed by atoms with van der Waals surface area (Å²) in [6, 6.07) is 9.19. The number of rotatable bonds is 12. The molecule has 1 aliphatic heterocycles. The van der Waals surface area contributed by atoms with Gasteiger partial charge in [-0.2, -0.15) is 0 Å². The molecule has 3 aromatic rings. The zero-order valence-electron chi connectivity index (χ0n) is 20.4. The Bertz CT molecular complexity index is 1240. The lowest BCUT2D eigenvalue weighted by molar-refractivity contribution is -0.119. The van der Waals surface area contributed by atoms with Crippen LogP contribution in [-0.4, -0.2) is 52.5 Å². The number of ketones is 1. The SMILES string of the molecule is CCC(=O)CCCCC[C@H](NC(=O)C1=CN(C)C1)c1nnc(-c2cc3ccccc3nc2OC)o1. The summed E-state index contributed by atoms with van der Waals surface area (Å²) in [5, 5.41) is 12.5. The minimum Gasteiger partial charge on any atom is -0.480 e. The predicted molar refractivity (Wildman–Crippen MR) is 132 cm³/mol. The maximum atomic E-state index is 12.7. The van der Waals surface area contributed by atoms with Crippen LogP contribution in [0, 0.1) is 0 Å². The van der Waals surface area contributed by atoms with Crippen LogP contribution < -0.4 is 10.1 Å². The van der Waals surface area contributed by atoms with Crippen LogP contribution in [0.3, 0.4) is 0 Å². The number of amides is 1. The highest BCUT2D eigenvalue weighted by atomic mass is 16.5. The fourth-order valence-electron chi connectivity index (χ4n) is 4.06. The molecule has 0 saturated heterocycles. The number of pyridine rings is 1. The van der Waals surface area contributed by atoms with Crippen molar-refractivity contribution in [1.29, 1.82) is 0 Å². The molecule has 0 aliphatic carbocycles. The summed E-state index contributed by atoms with van der Waals surface area (Å²) in [6.07, 6.45) is 6.13. The zero-order valence-corrected chi connectivity index (χ0v) is 20.4. The van der Waals surface area contributed by atoms with Gasteiger partial charge in [0.1, 0.15) is 17.4 Å². The fourth-order valence-corrected chi connectivity index (χ4v) is 4.06. The van der Waals surface area contributed by atoms with Crippen molar-refractivity contribution < 1.29 is 18.7 Å². The molecule has 9 nitrogen and oxygen atoms in total. The van der Waals surface area contributed by atoms with Gasteiger partial charge in [0.15, 0.2) is 0 Å². The van der Waals surface area contributed by atoms with Crippen molar-refractivity contribution in [3.8, 4) is 17.3 Å². The van der Waals surface area contributed by atoms with E-state index in [-0.39, 0.29) is 17.6 Å². The first-order valence-electron chi connectivity index (χ1n) is 12.0. The van der Waals surface area contributed by atoms with Crippen molar-refractivity contribution in [3.05, 3.63) is 48.0 Å². The molecular formula is C26H31N5O4. The first-order valence-corrected chi connectivity index (χ1v) is 12.0. The molecule has 0 bridgehead atoms. The van der Waals surface area contributed by atoms with Gasteiger partial charge in [-0.15, -0.1) is 10.2 Å². The summed E-state index contributed by atoms with van der Waals surface area (Å²) in [5.41, 5.74) is 2.11. The van der Waals surface area contributed by atoms with Gasteiger partial charge >= 0.3 is 0 Å². The largest absolute Gasteiger partial charge is 0.480 e. The Morgan fingerprint density at radius 1 is 1.20 bits per heavy atom. The first kappa shape index (κ1) is 24.4. The van der Waals surface area contributed by atoms with Crippen LogP contribution in [0.1, 0.15) is 57.4 Å². The molecule has 1 aliphatic rings. The number of fused-ring (bicyclic) bond motifs is 1. The van der Waals surface area contributed by atoms with Crippen LogP contribution in [0.2, 0.25) is 0 Å². The van der Waals surface area contributed by atoms with Crippen molar-refractivity contribution in [2.45, 2.75) is 51.5 Å². The fraction of sp³-hybridized carbons (Fsp3) is 0.423. The summed E-state index contributed by atoms with van der Waals surface area (Å²) >= 11 is 0. The molecule has 0 spiro atoms. The molecular weight excluding hydrogens is 446 g/mol. The second-order valence-electron chi connectivity index (χ2n) is 8.77. The van der Waals surface area contributed by atoms with E-state index in [1.807, 2.05) is 55.4 Å². The van der Waals surface area contributed by atoms with Crippen LogP contribution in [0.15, 0.2) is 46.5 Å². The molecule has 0 unspecified atom stereocenters. The summed E-state index contributed by atoms with van der Waals surface area (Å²) in [4.78, 5) is 30.8. The molecule has 1 N–H and O–H groups in total. The molecule has 1 amide bonds. The monoisotopic (exact) mass is 477 g/mol. The number of Topliss-reactive ketones (excluding diaryl/α,β-unsaturated/α-hetero) is 1. The number of unbranched alkanes of at least 4 members (excludes halogenated alkanes) is 2. The number of para-hydroxylation sites is 1. The summed E-state index contributed by atoms with van der Waals surface area (Å²) in [6.45, 7) is 2.49. The Hall–Kier alpha value is -3.75. The van der Waals surface area contributed by atoms with Gasteiger partial charge in [-0.25, -0.2) is 4.98 Å². The minimum atomic E-state index is -0.433. The van der Waals surface area contributed by atoms with E-state index in [2.05, 4.69) is 20.5 Å². The molecule has 4 rings (SSSR count). The Morgan fingerprint density at radius 2 is 2.00 bits per heavy atom. The number of likely N-dealkylation sites (N-methyl/N-ethyl adjacent to an activating group) is 1. The number of methoxy groups -OCH3 is 1. The first-order chi connectivity index (χ1) is 17.0. The molecule has 184 valence electrons. The highest BCUT2D eigenvalue weighted by Crippen LogP contribution is 2.32. The van der Waals surface area contributed by atoms with Crippen molar-refractivity contribution in [1.82, 2.24) is 25.4 Å². The van der Waals surface area contributed by atoms with Gasteiger partial charge in [0, 0.05) is 38.0 Å². The van der Waals surface area contributed by atoms with Crippen molar-refractivity contribution in [2.75, 3.05) is 20.7 Å². The average molecular weight is 478 g/mol.